The number of nitro groups is 1. The number of non-ortho nitro benzene ring substituents is 1. The molecule has 192 valence electrons. The second-order valence-corrected chi connectivity index (χ2v) is 7.83. The Morgan fingerprint density at radius 2 is 1.69 bits per heavy atom. The van der Waals surface area contributed by atoms with Gasteiger partial charge in [-0.15, -0.1) is 0 Å². The molecule has 0 heterocycles. The molecule has 36 heavy (non-hydrogen) atoms. The van der Waals surface area contributed by atoms with Crippen molar-refractivity contribution in [1.82, 2.24) is 10.6 Å². The molecule has 2 rings (SSSR count). The number of methoxy groups -OCH3 is 2. The molecule has 0 aliphatic carbocycles. The van der Waals surface area contributed by atoms with Crippen LogP contribution in [0.5, 0.6) is 0 Å². The van der Waals surface area contributed by atoms with Crippen molar-refractivity contribution >= 4 is 29.4 Å². The Balaban J connectivity index is 2.42. The van der Waals surface area contributed by atoms with Crippen LogP contribution in [0.3, 0.4) is 0 Å². The van der Waals surface area contributed by atoms with Crippen LogP contribution in [0.15, 0.2) is 48.5 Å². The standard InChI is InChI=1S/C24H26FN3O8/c1-14(29)26-20(12-15-5-4-6-17(25)11-15)23(31)27-22(24(32)36-3)19(13-21(30)35-2)16-7-9-18(10-8-16)28(33)34/h4-11,19-20,22H,12-13H2,1-3H3,(H,26,29)(H,27,31)/t19-,20+,22+/m1/s1. The molecule has 3 atom stereocenters. The summed E-state index contributed by atoms with van der Waals surface area (Å²) in [4.78, 5) is 60.2. The minimum atomic E-state index is -1.42. The lowest BCUT2D eigenvalue weighted by Crippen LogP contribution is -2.54. The van der Waals surface area contributed by atoms with E-state index in [0.29, 0.717) is 11.1 Å². The third kappa shape index (κ3) is 7.86. The number of nitrogens with one attached hydrogen (secondary N) is 2. The third-order valence-corrected chi connectivity index (χ3v) is 5.32. The third-order valence-electron chi connectivity index (χ3n) is 5.32. The highest BCUT2D eigenvalue weighted by Crippen LogP contribution is 2.27. The maximum Gasteiger partial charge on any atom is 0.329 e. The smallest absolute Gasteiger partial charge is 0.329 e. The minimum Gasteiger partial charge on any atom is -0.469 e. The van der Waals surface area contributed by atoms with Crippen molar-refractivity contribution in [3.8, 4) is 0 Å². The summed E-state index contributed by atoms with van der Waals surface area (Å²) in [7, 11) is 2.23. The normalized spacial score (nSPS) is 13.0. The fourth-order valence-electron chi connectivity index (χ4n) is 3.59. The van der Waals surface area contributed by atoms with Crippen molar-refractivity contribution in [2.45, 2.75) is 37.8 Å². The second kappa shape index (κ2) is 12.9. The summed E-state index contributed by atoms with van der Waals surface area (Å²) in [6, 6.07) is 7.94. The lowest BCUT2D eigenvalue weighted by molar-refractivity contribution is -0.384. The van der Waals surface area contributed by atoms with Gasteiger partial charge in [-0.05, 0) is 23.3 Å². The number of nitro benzene ring substituents is 1. The molecule has 0 saturated heterocycles. The molecule has 0 unspecified atom stereocenters. The number of nitrogens with zero attached hydrogens (tertiary/aromatic N) is 1. The maximum atomic E-state index is 13.6. The Morgan fingerprint density at radius 3 is 2.22 bits per heavy atom. The molecule has 2 aromatic rings. The quantitative estimate of drug-likeness (QED) is 0.267. The highest BCUT2D eigenvalue weighted by Gasteiger charge is 2.36. The van der Waals surface area contributed by atoms with Gasteiger partial charge in [0.05, 0.1) is 25.6 Å². The Labute approximate surface area is 206 Å². The first-order valence-electron chi connectivity index (χ1n) is 10.8. The predicted molar refractivity (Wildman–Crippen MR) is 124 cm³/mol. The average Bonchev–Trinajstić information content (AvgIpc) is 2.84. The fraction of sp³-hybridized carbons (Fsp3) is 0.333. The van der Waals surface area contributed by atoms with Crippen molar-refractivity contribution in [3.05, 3.63) is 75.6 Å². The molecule has 0 spiro atoms. The van der Waals surface area contributed by atoms with Gasteiger partial charge in [-0.2, -0.15) is 0 Å². The van der Waals surface area contributed by atoms with Crippen molar-refractivity contribution in [2.24, 2.45) is 0 Å². The zero-order valence-corrected chi connectivity index (χ0v) is 19.9. The van der Waals surface area contributed by atoms with Gasteiger partial charge in [-0.3, -0.25) is 24.5 Å². The van der Waals surface area contributed by atoms with Crippen molar-refractivity contribution < 1.29 is 38.0 Å². The Morgan fingerprint density at radius 1 is 1.03 bits per heavy atom. The van der Waals surface area contributed by atoms with E-state index in [1.54, 1.807) is 6.07 Å². The van der Waals surface area contributed by atoms with E-state index < -0.39 is 52.5 Å². The molecule has 0 saturated carbocycles. The first kappa shape index (κ1) is 27.9. The molecule has 0 aliphatic heterocycles. The van der Waals surface area contributed by atoms with E-state index in [0.717, 1.165) is 14.2 Å². The van der Waals surface area contributed by atoms with E-state index in [1.165, 1.54) is 49.4 Å². The molecule has 2 N–H and O–H groups in total. The highest BCUT2D eigenvalue weighted by molar-refractivity contribution is 5.91. The molecule has 0 fully saturated rings. The number of benzene rings is 2. The molecular formula is C24H26FN3O8. The van der Waals surface area contributed by atoms with E-state index in [2.05, 4.69) is 10.6 Å². The summed E-state index contributed by atoms with van der Waals surface area (Å²) in [5.74, 6) is -4.49. The summed E-state index contributed by atoms with van der Waals surface area (Å²) in [5.41, 5.74) is 0.526. The number of hydrogen-bond acceptors (Lipinski definition) is 8. The minimum absolute atomic E-state index is 0.0870. The lowest BCUT2D eigenvalue weighted by atomic mass is 9.87. The van der Waals surface area contributed by atoms with Gasteiger partial charge in [0, 0.05) is 31.4 Å². The van der Waals surface area contributed by atoms with Crippen LogP contribution >= 0.6 is 0 Å². The topological polar surface area (TPSA) is 154 Å². The first-order valence-corrected chi connectivity index (χ1v) is 10.8. The maximum absolute atomic E-state index is 13.6. The van der Waals surface area contributed by atoms with Gasteiger partial charge in [0.2, 0.25) is 11.8 Å². The molecule has 0 aliphatic rings. The molecular weight excluding hydrogens is 477 g/mol. The van der Waals surface area contributed by atoms with Crippen molar-refractivity contribution in [3.63, 3.8) is 0 Å². The number of hydrogen-bond donors (Lipinski definition) is 2. The van der Waals surface area contributed by atoms with Crippen LogP contribution in [-0.4, -0.2) is 55.0 Å². The van der Waals surface area contributed by atoms with Gasteiger partial charge in [-0.1, -0.05) is 24.3 Å². The van der Waals surface area contributed by atoms with Crippen LogP contribution in [0.2, 0.25) is 0 Å². The monoisotopic (exact) mass is 503 g/mol. The van der Waals surface area contributed by atoms with Crippen LogP contribution in [0, 0.1) is 15.9 Å². The average molecular weight is 503 g/mol. The van der Waals surface area contributed by atoms with Crippen LogP contribution in [0.25, 0.3) is 0 Å². The predicted octanol–water partition coefficient (Wildman–Crippen LogP) is 1.79. The fourth-order valence-corrected chi connectivity index (χ4v) is 3.59. The number of esters is 2. The van der Waals surface area contributed by atoms with E-state index in [9.17, 15) is 33.7 Å². The highest BCUT2D eigenvalue weighted by atomic mass is 19.1. The summed E-state index contributed by atoms with van der Waals surface area (Å²) in [6.07, 6.45) is -0.459. The van der Waals surface area contributed by atoms with Crippen LogP contribution in [0.1, 0.15) is 30.4 Å². The lowest BCUT2D eigenvalue weighted by Gasteiger charge is -2.28. The summed E-state index contributed by atoms with van der Waals surface area (Å²) < 4.78 is 23.2. The van der Waals surface area contributed by atoms with E-state index in [1.807, 2.05) is 0 Å². The molecule has 0 radical (unpaired) electrons. The number of halogens is 1. The first-order chi connectivity index (χ1) is 17.0. The molecule has 2 amide bonds. The van der Waals surface area contributed by atoms with Gasteiger partial charge in [0.15, 0.2) is 0 Å². The van der Waals surface area contributed by atoms with Gasteiger partial charge in [0.25, 0.3) is 5.69 Å². The Hall–Kier alpha value is -4.35. The molecule has 0 bridgehead atoms. The number of carbonyl (C=O) groups is 4. The van der Waals surface area contributed by atoms with Crippen molar-refractivity contribution in [2.75, 3.05) is 14.2 Å². The van der Waals surface area contributed by atoms with E-state index in [-0.39, 0.29) is 18.5 Å². The van der Waals surface area contributed by atoms with Gasteiger partial charge < -0.3 is 20.1 Å². The SMILES string of the molecule is COC(=O)C[C@H](c1ccc([N+](=O)[O-])cc1)[C@H](NC(=O)[C@H](Cc1cccc(F)c1)NC(C)=O)C(=O)OC. The zero-order chi connectivity index (χ0) is 26.8. The molecule has 12 heteroatoms. The number of amides is 2. The number of carbonyl (C=O) groups excluding carboxylic acids is 4. The number of rotatable bonds is 11. The van der Waals surface area contributed by atoms with Gasteiger partial charge >= 0.3 is 11.9 Å². The largest absolute Gasteiger partial charge is 0.469 e. The van der Waals surface area contributed by atoms with Crippen LogP contribution in [0.4, 0.5) is 10.1 Å². The Bertz CT molecular complexity index is 1120. The van der Waals surface area contributed by atoms with Gasteiger partial charge in [-0.25, -0.2) is 9.18 Å². The molecule has 2 aromatic carbocycles. The zero-order valence-electron chi connectivity index (χ0n) is 19.9. The van der Waals surface area contributed by atoms with Crippen LogP contribution < -0.4 is 10.6 Å². The number of ether oxygens (including phenoxy) is 2. The van der Waals surface area contributed by atoms with Crippen molar-refractivity contribution in [1.29, 1.82) is 0 Å². The van der Waals surface area contributed by atoms with Gasteiger partial charge in [0.1, 0.15) is 17.9 Å². The molecule has 11 nitrogen and oxygen atoms in total. The summed E-state index contributed by atoms with van der Waals surface area (Å²) >= 11 is 0. The summed E-state index contributed by atoms with van der Waals surface area (Å²) in [6.45, 7) is 1.20. The Kier molecular flexibility index (Phi) is 10.0. The molecule has 0 aromatic heterocycles. The second-order valence-electron chi connectivity index (χ2n) is 7.83. The van der Waals surface area contributed by atoms with E-state index >= 15 is 0 Å². The summed E-state index contributed by atoms with van der Waals surface area (Å²) in [5, 5.41) is 16.0. The van der Waals surface area contributed by atoms with E-state index in [4.69, 9.17) is 9.47 Å². The van der Waals surface area contributed by atoms with Crippen LogP contribution in [-0.2, 0) is 35.1 Å².